The van der Waals surface area contributed by atoms with Crippen LogP contribution in [0.3, 0.4) is 0 Å². The van der Waals surface area contributed by atoms with Crippen LogP contribution in [0.5, 0.6) is 17.2 Å². The molecule has 154 valence electrons. The summed E-state index contributed by atoms with van der Waals surface area (Å²) in [6, 6.07) is 12.1. The molecule has 1 aromatic heterocycles. The summed E-state index contributed by atoms with van der Waals surface area (Å²) < 4.78 is 15.9. The lowest BCUT2D eigenvalue weighted by Crippen LogP contribution is -2.18. The smallest absolute Gasteiger partial charge is 0.259 e. The molecule has 2 aromatic carbocycles. The van der Waals surface area contributed by atoms with Gasteiger partial charge in [0.1, 0.15) is 10.8 Å². The third kappa shape index (κ3) is 3.69. The fourth-order valence-corrected chi connectivity index (χ4v) is 4.19. The van der Waals surface area contributed by atoms with Gasteiger partial charge in [-0.1, -0.05) is 12.1 Å². The van der Waals surface area contributed by atoms with Crippen molar-refractivity contribution in [3.05, 3.63) is 64.0 Å². The first-order valence-electron chi connectivity index (χ1n) is 9.23. The molecule has 3 aromatic rings. The van der Waals surface area contributed by atoms with Crippen molar-refractivity contribution in [2.24, 2.45) is 0 Å². The third-order valence-corrected chi connectivity index (χ3v) is 5.95. The Hall–Kier alpha value is -3.52. The van der Waals surface area contributed by atoms with Gasteiger partial charge in [0, 0.05) is 10.4 Å². The van der Waals surface area contributed by atoms with E-state index in [1.54, 1.807) is 37.4 Å². The van der Waals surface area contributed by atoms with E-state index in [0.717, 1.165) is 10.4 Å². The Morgan fingerprint density at radius 2 is 1.77 bits per heavy atom. The van der Waals surface area contributed by atoms with Crippen LogP contribution >= 0.6 is 11.3 Å². The third-order valence-electron chi connectivity index (χ3n) is 4.83. The van der Waals surface area contributed by atoms with Gasteiger partial charge >= 0.3 is 0 Å². The van der Waals surface area contributed by atoms with Crippen LogP contribution in [0.4, 0.5) is 10.7 Å². The second kappa shape index (κ2) is 8.08. The largest absolute Gasteiger partial charge is 0.495 e. The van der Waals surface area contributed by atoms with Crippen molar-refractivity contribution in [3.8, 4) is 17.2 Å². The second-order valence-electron chi connectivity index (χ2n) is 6.66. The summed E-state index contributed by atoms with van der Waals surface area (Å²) in [5.74, 6) is 1.03. The normalized spacial score (nSPS) is 11.8. The van der Waals surface area contributed by atoms with Crippen molar-refractivity contribution in [1.29, 1.82) is 0 Å². The molecule has 0 fully saturated rings. The van der Waals surface area contributed by atoms with Crippen LogP contribution in [0.2, 0.25) is 0 Å². The van der Waals surface area contributed by atoms with E-state index in [2.05, 4.69) is 10.6 Å². The van der Waals surface area contributed by atoms with Gasteiger partial charge in [0.05, 0.1) is 18.4 Å². The van der Waals surface area contributed by atoms with E-state index >= 15 is 0 Å². The van der Waals surface area contributed by atoms with E-state index in [1.165, 1.54) is 11.3 Å². The topological polar surface area (TPSA) is 85.9 Å². The molecule has 0 aliphatic carbocycles. The van der Waals surface area contributed by atoms with Gasteiger partial charge in [0.15, 0.2) is 11.5 Å². The number of para-hydroxylation sites is 2. The van der Waals surface area contributed by atoms with Crippen LogP contribution in [0.15, 0.2) is 42.5 Å². The zero-order valence-corrected chi connectivity index (χ0v) is 17.5. The molecule has 4 rings (SSSR count). The molecule has 0 saturated heterocycles. The molecule has 0 atom stereocenters. The maximum Gasteiger partial charge on any atom is 0.259 e. The van der Waals surface area contributed by atoms with E-state index in [4.69, 9.17) is 14.2 Å². The highest BCUT2D eigenvalue weighted by Crippen LogP contribution is 2.36. The molecule has 1 aliphatic rings. The highest BCUT2D eigenvalue weighted by molar-refractivity contribution is 7.16. The number of rotatable bonds is 5. The molecule has 0 saturated carbocycles. The molecular formula is C22H20N2O5S. The number of methoxy groups -OCH3 is 1. The number of carbonyl (C=O) groups excluding carboxylic acids is 2. The van der Waals surface area contributed by atoms with Crippen molar-refractivity contribution < 1.29 is 23.8 Å². The number of benzene rings is 2. The average Bonchev–Trinajstić information content (AvgIpc) is 3.32. The Bertz CT molecular complexity index is 1140. The number of aryl methyl sites for hydroxylation is 1. The van der Waals surface area contributed by atoms with Gasteiger partial charge in [0.25, 0.3) is 11.8 Å². The van der Waals surface area contributed by atoms with Crippen molar-refractivity contribution in [3.63, 3.8) is 0 Å². The fourth-order valence-electron chi connectivity index (χ4n) is 3.13. The predicted molar refractivity (Wildman–Crippen MR) is 115 cm³/mol. The number of amides is 2. The maximum absolute atomic E-state index is 13.1. The van der Waals surface area contributed by atoms with Crippen molar-refractivity contribution in [2.45, 2.75) is 13.8 Å². The molecule has 2 N–H and O–H groups in total. The summed E-state index contributed by atoms with van der Waals surface area (Å²) in [5.41, 5.74) is 2.21. The SMILES string of the molecule is COc1ccccc1NC(=O)c1c(NC(=O)c2ccc3c(c2)OCO3)sc(C)c1C. The molecule has 0 spiro atoms. The van der Waals surface area contributed by atoms with E-state index in [0.29, 0.717) is 39.1 Å². The lowest BCUT2D eigenvalue weighted by Gasteiger charge is -2.11. The Balaban J connectivity index is 1.60. The summed E-state index contributed by atoms with van der Waals surface area (Å²) in [7, 11) is 1.54. The molecule has 1 aliphatic heterocycles. The first-order valence-corrected chi connectivity index (χ1v) is 10.0. The van der Waals surface area contributed by atoms with Gasteiger partial charge in [-0.05, 0) is 49.7 Å². The molecule has 8 heteroatoms. The summed E-state index contributed by atoms with van der Waals surface area (Å²) >= 11 is 1.36. The summed E-state index contributed by atoms with van der Waals surface area (Å²) in [4.78, 5) is 26.8. The zero-order chi connectivity index (χ0) is 21.3. The van der Waals surface area contributed by atoms with Gasteiger partial charge in [0.2, 0.25) is 6.79 Å². The number of hydrogen-bond donors (Lipinski definition) is 2. The van der Waals surface area contributed by atoms with Gasteiger partial charge in [-0.25, -0.2) is 0 Å². The van der Waals surface area contributed by atoms with E-state index in [1.807, 2.05) is 26.0 Å². The van der Waals surface area contributed by atoms with Crippen LogP contribution < -0.4 is 24.8 Å². The van der Waals surface area contributed by atoms with Crippen LogP contribution in [0.25, 0.3) is 0 Å². The minimum Gasteiger partial charge on any atom is -0.495 e. The first-order chi connectivity index (χ1) is 14.5. The average molecular weight is 424 g/mol. The Labute approximate surface area is 177 Å². The quantitative estimate of drug-likeness (QED) is 0.625. The number of nitrogens with one attached hydrogen (secondary N) is 2. The monoisotopic (exact) mass is 424 g/mol. The molecule has 0 radical (unpaired) electrons. The Morgan fingerprint density at radius 1 is 1.00 bits per heavy atom. The number of carbonyl (C=O) groups is 2. The number of hydrogen-bond acceptors (Lipinski definition) is 6. The van der Waals surface area contributed by atoms with Crippen LogP contribution in [0.1, 0.15) is 31.2 Å². The standard InChI is InChI=1S/C22H20N2O5S/c1-12-13(2)30-22(19(12)21(26)23-15-6-4-5-7-16(15)27-3)24-20(25)14-8-9-17-18(10-14)29-11-28-17/h4-10H,11H2,1-3H3,(H,23,26)(H,24,25). The van der Waals surface area contributed by atoms with Gasteiger partial charge in [-0.15, -0.1) is 11.3 Å². The summed E-state index contributed by atoms with van der Waals surface area (Å²) in [5, 5.41) is 6.23. The molecule has 7 nitrogen and oxygen atoms in total. The number of ether oxygens (including phenoxy) is 3. The first kappa shape index (κ1) is 19.8. The van der Waals surface area contributed by atoms with E-state index in [-0.39, 0.29) is 18.6 Å². The van der Waals surface area contributed by atoms with Crippen molar-refractivity contribution >= 4 is 33.8 Å². The minimum absolute atomic E-state index is 0.136. The maximum atomic E-state index is 13.1. The van der Waals surface area contributed by atoms with Crippen LogP contribution in [-0.4, -0.2) is 25.7 Å². The molecule has 30 heavy (non-hydrogen) atoms. The highest BCUT2D eigenvalue weighted by Gasteiger charge is 2.23. The van der Waals surface area contributed by atoms with Crippen LogP contribution in [0, 0.1) is 13.8 Å². The fraction of sp³-hybridized carbons (Fsp3) is 0.182. The lowest BCUT2D eigenvalue weighted by molar-refractivity contribution is 0.102. The number of fused-ring (bicyclic) bond motifs is 1. The molecule has 2 amide bonds. The van der Waals surface area contributed by atoms with E-state index in [9.17, 15) is 9.59 Å². The Kier molecular flexibility index (Phi) is 5.33. The number of anilines is 2. The Morgan fingerprint density at radius 3 is 2.57 bits per heavy atom. The lowest BCUT2D eigenvalue weighted by atomic mass is 10.1. The minimum atomic E-state index is -0.333. The van der Waals surface area contributed by atoms with Gasteiger partial charge in [-0.3, -0.25) is 9.59 Å². The van der Waals surface area contributed by atoms with Gasteiger partial charge in [-0.2, -0.15) is 0 Å². The molecule has 2 heterocycles. The van der Waals surface area contributed by atoms with Crippen molar-refractivity contribution in [2.75, 3.05) is 24.5 Å². The molecule has 0 unspecified atom stereocenters. The van der Waals surface area contributed by atoms with E-state index < -0.39 is 0 Å². The zero-order valence-electron chi connectivity index (χ0n) is 16.7. The van der Waals surface area contributed by atoms with Crippen LogP contribution in [-0.2, 0) is 0 Å². The summed E-state index contributed by atoms with van der Waals surface area (Å²) in [6.45, 7) is 3.91. The highest BCUT2D eigenvalue weighted by atomic mass is 32.1. The van der Waals surface area contributed by atoms with Gasteiger partial charge < -0.3 is 24.8 Å². The summed E-state index contributed by atoms with van der Waals surface area (Å²) in [6.07, 6.45) is 0. The van der Waals surface area contributed by atoms with Crippen molar-refractivity contribution in [1.82, 2.24) is 0 Å². The number of thiophene rings is 1. The molecule has 0 bridgehead atoms. The predicted octanol–water partition coefficient (Wildman–Crippen LogP) is 4.61. The second-order valence-corrected chi connectivity index (χ2v) is 7.89. The molecular weight excluding hydrogens is 404 g/mol.